The molecule has 160 valence electrons. The number of hydrogen-bond acceptors (Lipinski definition) is 4. The Balaban J connectivity index is 1.74. The van der Waals surface area contributed by atoms with Gasteiger partial charge in [-0.1, -0.05) is 20.3 Å². The van der Waals surface area contributed by atoms with E-state index in [1.54, 1.807) is 0 Å². The number of benzene rings is 1. The number of ether oxygens (including phenoxy) is 1. The fraction of sp³-hybridized carbons (Fsp3) is 0.652. The summed E-state index contributed by atoms with van der Waals surface area (Å²) in [6.07, 6.45) is 6.76. The number of anilines is 2. The zero-order valence-corrected chi connectivity index (χ0v) is 17.8. The van der Waals surface area contributed by atoms with Crippen LogP contribution in [0.15, 0.2) is 18.2 Å². The number of amides is 2. The number of carbonyl (C=O) groups excluding carboxylic acids is 2. The first kappa shape index (κ1) is 21.6. The fourth-order valence-corrected chi connectivity index (χ4v) is 3.99. The highest BCUT2D eigenvalue weighted by Gasteiger charge is 2.23. The molecule has 2 amide bonds. The summed E-state index contributed by atoms with van der Waals surface area (Å²) in [6, 6.07) is 5.71. The van der Waals surface area contributed by atoms with E-state index in [9.17, 15) is 9.59 Å². The molecule has 0 aliphatic carbocycles. The van der Waals surface area contributed by atoms with E-state index < -0.39 is 0 Å². The maximum Gasteiger partial charge on any atom is 0.253 e. The lowest BCUT2D eigenvalue weighted by Crippen LogP contribution is -2.36. The Kier molecular flexibility index (Phi) is 7.92. The van der Waals surface area contributed by atoms with E-state index in [0.717, 1.165) is 69.8 Å². The molecule has 0 aromatic heterocycles. The van der Waals surface area contributed by atoms with Crippen LogP contribution < -0.4 is 15.5 Å². The average Bonchev–Trinajstić information content (AvgIpc) is 3.25. The number of nitrogens with zero attached hydrogens (tertiary/aromatic N) is 1. The Bertz CT molecular complexity index is 693. The smallest absolute Gasteiger partial charge is 0.253 e. The molecule has 1 aromatic carbocycles. The van der Waals surface area contributed by atoms with E-state index in [2.05, 4.69) is 29.4 Å². The van der Waals surface area contributed by atoms with Crippen LogP contribution in [-0.2, 0) is 9.53 Å². The van der Waals surface area contributed by atoms with Gasteiger partial charge in [-0.3, -0.25) is 9.59 Å². The molecule has 2 heterocycles. The summed E-state index contributed by atoms with van der Waals surface area (Å²) in [5.74, 6) is 0.621. The molecule has 2 fully saturated rings. The van der Waals surface area contributed by atoms with Crippen LogP contribution in [-0.4, -0.2) is 44.2 Å². The highest BCUT2D eigenvalue weighted by molar-refractivity contribution is 6.02. The van der Waals surface area contributed by atoms with E-state index in [1.165, 1.54) is 0 Å². The molecule has 1 aromatic rings. The quantitative estimate of drug-likeness (QED) is 0.692. The Morgan fingerprint density at radius 3 is 2.69 bits per heavy atom. The van der Waals surface area contributed by atoms with Gasteiger partial charge in [0.25, 0.3) is 5.91 Å². The molecule has 2 saturated heterocycles. The van der Waals surface area contributed by atoms with Gasteiger partial charge < -0.3 is 20.3 Å². The Morgan fingerprint density at radius 1 is 1.21 bits per heavy atom. The number of hydrogen-bond donors (Lipinski definition) is 2. The Morgan fingerprint density at radius 2 is 2.00 bits per heavy atom. The maximum absolute atomic E-state index is 13.0. The van der Waals surface area contributed by atoms with E-state index in [1.807, 2.05) is 18.2 Å². The molecule has 3 rings (SSSR count). The molecule has 2 N–H and O–H groups in total. The first-order chi connectivity index (χ1) is 14.1. The highest BCUT2D eigenvalue weighted by Crippen LogP contribution is 2.29. The fourth-order valence-electron chi connectivity index (χ4n) is 3.99. The third kappa shape index (κ3) is 6.20. The molecule has 6 heteroatoms. The lowest BCUT2D eigenvalue weighted by molar-refractivity contribution is -0.116. The van der Waals surface area contributed by atoms with Gasteiger partial charge in [0, 0.05) is 44.0 Å². The first-order valence-corrected chi connectivity index (χ1v) is 11.2. The molecule has 1 atom stereocenters. The van der Waals surface area contributed by atoms with Crippen molar-refractivity contribution in [2.24, 2.45) is 5.92 Å². The molecule has 0 unspecified atom stereocenters. The van der Waals surface area contributed by atoms with Crippen molar-refractivity contribution in [3.05, 3.63) is 23.8 Å². The lowest BCUT2D eigenvalue weighted by Gasteiger charge is -2.33. The third-order valence-electron chi connectivity index (χ3n) is 5.92. The van der Waals surface area contributed by atoms with Crippen LogP contribution in [0.5, 0.6) is 0 Å². The zero-order valence-electron chi connectivity index (χ0n) is 17.8. The number of piperidine rings is 1. The van der Waals surface area contributed by atoms with Crippen LogP contribution in [0.25, 0.3) is 0 Å². The second-order valence-electron chi connectivity index (χ2n) is 8.40. The molecule has 0 saturated carbocycles. The van der Waals surface area contributed by atoms with Crippen LogP contribution in [0.3, 0.4) is 0 Å². The molecule has 29 heavy (non-hydrogen) atoms. The van der Waals surface area contributed by atoms with Crippen molar-refractivity contribution in [3.63, 3.8) is 0 Å². The summed E-state index contributed by atoms with van der Waals surface area (Å²) >= 11 is 0. The number of nitrogens with one attached hydrogen (secondary N) is 2. The van der Waals surface area contributed by atoms with E-state index >= 15 is 0 Å². The average molecular weight is 402 g/mol. The van der Waals surface area contributed by atoms with Crippen molar-refractivity contribution in [2.75, 3.05) is 36.5 Å². The summed E-state index contributed by atoms with van der Waals surface area (Å²) in [5, 5.41) is 5.98. The number of carbonyl (C=O) groups is 2. The summed E-state index contributed by atoms with van der Waals surface area (Å²) in [7, 11) is 0. The second kappa shape index (κ2) is 10.6. The minimum Gasteiger partial charge on any atom is -0.376 e. The van der Waals surface area contributed by atoms with Crippen LogP contribution >= 0.6 is 0 Å². The zero-order chi connectivity index (χ0) is 20.6. The molecule has 2 aliphatic heterocycles. The largest absolute Gasteiger partial charge is 0.376 e. The van der Waals surface area contributed by atoms with Gasteiger partial charge in [0.1, 0.15) is 0 Å². The minimum atomic E-state index is -0.0984. The van der Waals surface area contributed by atoms with Crippen molar-refractivity contribution in [1.29, 1.82) is 0 Å². The molecular weight excluding hydrogens is 366 g/mol. The second-order valence-corrected chi connectivity index (χ2v) is 8.40. The van der Waals surface area contributed by atoms with E-state index in [-0.39, 0.29) is 17.9 Å². The van der Waals surface area contributed by atoms with Crippen LogP contribution in [0.2, 0.25) is 0 Å². The van der Waals surface area contributed by atoms with Crippen molar-refractivity contribution >= 4 is 23.2 Å². The van der Waals surface area contributed by atoms with Crippen molar-refractivity contribution in [2.45, 2.75) is 64.9 Å². The summed E-state index contributed by atoms with van der Waals surface area (Å²) < 4.78 is 5.63. The van der Waals surface area contributed by atoms with Crippen LogP contribution in [0.4, 0.5) is 11.4 Å². The van der Waals surface area contributed by atoms with Gasteiger partial charge in [0.15, 0.2) is 0 Å². The van der Waals surface area contributed by atoms with E-state index in [0.29, 0.717) is 24.2 Å². The number of unbranched alkanes of at least 4 members (excludes halogenated alkanes) is 1. The van der Waals surface area contributed by atoms with Gasteiger partial charge in [-0.25, -0.2) is 0 Å². The predicted octanol–water partition coefficient (Wildman–Crippen LogP) is 3.96. The molecule has 0 spiro atoms. The Labute approximate surface area is 174 Å². The normalized spacial score (nSPS) is 19.9. The van der Waals surface area contributed by atoms with E-state index in [4.69, 9.17) is 4.74 Å². The topological polar surface area (TPSA) is 70.7 Å². The summed E-state index contributed by atoms with van der Waals surface area (Å²) in [5.41, 5.74) is 2.27. The van der Waals surface area contributed by atoms with Gasteiger partial charge in [-0.15, -0.1) is 0 Å². The van der Waals surface area contributed by atoms with Crippen LogP contribution in [0.1, 0.15) is 69.2 Å². The maximum atomic E-state index is 13.0. The Hall–Kier alpha value is -2.08. The standard InChI is InChI=1S/C23H35N3O3/c1-3-4-7-22(27)25-18-8-9-21(26-12-10-17(2)11-13-26)20(15-18)23(28)24-16-19-6-5-14-29-19/h8-9,15,17,19H,3-7,10-14,16H2,1-2H3,(H,24,28)(H,25,27)/t19-/m0/s1. The summed E-state index contributed by atoms with van der Waals surface area (Å²) in [4.78, 5) is 27.5. The molecule has 6 nitrogen and oxygen atoms in total. The molecular formula is C23H35N3O3. The van der Waals surface area contributed by atoms with Gasteiger partial charge in [-0.05, 0) is 56.2 Å². The third-order valence-corrected chi connectivity index (χ3v) is 5.92. The minimum absolute atomic E-state index is 0.00267. The molecule has 0 bridgehead atoms. The SMILES string of the molecule is CCCCC(=O)Nc1ccc(N2CCC(C)CC2)c(C(=O)NC[C@@H]2CCCO2)c1. The first-order valence-electron chi connectivity index (χ1n) is 11.2. The van der Waals surface area contributed by atoms with Gasteiger partial charge in [-0.2, -0.15) is 0 Å². The molecule has 2 aliphatic rings. The van der Waals surface area contributed by atoms with Gasteiger partial charge in [0.2, 0.25) is 5.91 Å². The highest BCUT2D eigenvalue weighted by atomic mass is 16.5. The summed E-state index contributed by atoms with van der Waals surface area (Å²) in [6.45, 7) is 7.56. The van der Waals surface area contributed by atoms with Gasteiger partial charge in [0.05, 0.1) is 11.7 Å². The lowest BCUT2D eigenvalue weighted by atomic mass is 9.97. The number of rotatable bonds is 8. The van der Waals surface area contributed by atoms with Crippen LogP contribution in [0, 0.1) is 5.92 Å². The van der Waals surface area contributed by atoms with Crippen molar-refractivity contribution in [1.82, 2.24) is 5.32 Å². The predicted molar refractivity (Wildman–Crippen MR) is 117 cm³/mol. The molecule has 0 radical (unpaired) electrons. The van der Waals surface area contributed by atoms with Crippen molar-refractivity contribution in [3.8, 4) is 0 Å². The monoisotopic (exact) mass is 401 g/mol. The van der Waals surface area contributed by atoms with Crippen molar-refractivity contribution < 1.29 is 14.3 Å². The van der Waals surface area contributed by atoms with Gasteiger partial charge >= 0.3 is 0 Å².